The predicted octanol–water partition coefficient (Wildman–Crippen LogP) is 1.85. The van der Waals surface area contributed by atoms with E-state index >= 15 is 0 Å². The number of fused-ring (bicyclic) bond motifs is 1. The maximum Gasteiger partial charge on any atom is 0.414 e. The van der Waals surface area contributed by atoms with Crippen molar-refractivity contribution in [1.29, 1.82) is 0 Å². The highest BCUT2D eigenvalue weighted by Crippen LogP contribution is 2.30. The van der Waals surface area contributed by atoms with Crippen LogP contribution in [0.15, 0.2) is 30.0 Å². The van der Waals surface area contributed by atoms with Crippen LogP contribution in [-0.4, -0.2) is 45.9 Å². The van der Waals surface area contributed by atoms with Gasteiger partial charge < -0.3 is 19.5 Å². The van der Waals surface area contributed by atoms with Crippen LogP contribution < -0.4 is 10.2 Å². The molecular formula is C17H20N2O6. The zero-order valence-corrected chi connectivity index (χ0v) is 14.3. The second kappa shape index (κ2) is 8.18. The molecule has 0 unspecified atom stereocenters. The number of aryl methyl sites for hydroxylation is 1. The first-order valence-electron chi connectivity index (χ1n) is 7.63. The van der Waals surface area contributed by atoms with Crippen molar-refractivity contribution in [3.05, 3.63) is 35.5 Å². The number of anilines is 2. The molecule has 1 amide bonds. The molecule has 134 valence electrons. The lowest BCUT2D eigenvalue weighted by Gasteiger charge is -2.28. The summed E-state index contributed by atoms with van der Waals surface area (Å²) in [6.07, 6.45) is 2.19. The van der Waals surface area contributed by atoms with Crippen LogP contribution in [0.3, 0.4) is 0 Å². The molecule has 1 N–H and O–H groups in total. The molecule has 1 heterocycles. The van der Waals surface area contributed by atoms with Crippen LogP contribution in [-0.2, 0) is 30.2 Å². The Bertz CT molecular complexity index is 713. The smallest absolute Gasteiger partial charge is 0.414 e. The zero-order chi connectivity index (χ0) is 18.4. The monoisotopic (exact) mass is 348 g/mol. The van der Waals surface area contributed by atoms with Crippen LogP contribution in [0.2, 0.25) is 0 Å². The summed E-state index contributed by atoms with van der Waals surface area (Å²) in [4.78, 5) is 36.6. The Hall–Kier alpha value is -3.03. The summed E-state index contributed by atoms with van der Waals surface area (Å²) in [7, 11) is 3.77. The molecule has 0 radical (unpaired) electrons. The zero-order valence-electron chi connectivity index (χ0n) is 14.3. The molecule has 1 aromatic carbocycles. The van der Waals surface area contributed by atoms with Gasteiger partial charge in [-0.1, -0.05) is 0 Å². The van der Waals surface area contributed by atoms with Crippen molar-refractivity contribution in [2.75, 3.05) is 38.1 Å². The van der Waals surface area contributed by atoms with Crippen molar-refractivity contribution in [3.63, 3.8) is 0 Å². The van der Waals surface area contributed by atoms with E-state index in [1.165, 1.54) is 21.3 Å². The van der Waals surface area contributed by atoms with Gasteiger partial charge in [-0.2, -0.15) is 0 Å². The van der Waals surface area contributed by atoms with Crippen molar-refractivity contribution in [1.82, 2.24) is 0 Å². The largest absolute Gasteiger partial charge is 0.466 e. The van der Waals surface area contributed by atoms with Gasteiger partial charge >= 0.3 is 18.0 Å². The Morgan fingerprint density at radius 3 is 2.52 bits per heavy atom. The summed E-state index contributed by atoms with van der Waals surface area (Å²) in [5.41, 5.74) is 2.24. The highest BCUT2D eigenvalue weighted by Gasteiger charge is 2.23. The van der Waals surface area contributed by atoms with E-state index in [2.05, 4.69) is 14.8 Å². The summed E-state index contributed by atoms with van der Waals surface area (Å²) in [6.45, 7) is 0.585. The van der Waals surface area contributed by atoms with Crippen LogP contribution in [0.5, 0.6) is 0 Å². The number of esters is 2. The number of carbonyl (C=O) groups excluding carboxylic acids is 3. The second-order valence-corrected chi connectivity index (χ2v) is 5.27. The minimum atomic E-state index is -0.695. The molecule has 1 aliphatic rings. The SMILES string of the molecule is COC(=O)/C=C(/Nc1ccc2c(c1)CCCN2C(=O)OC)C(=O)OC. The molecule has 0 saturated heterocycles. The number of hydrogen-bond acceptors (Lipinski definition) is 7. The van der Waals surface area contributed by atoms with Gasteiger partial charge in [0.05, 0.1) is 33.1 Å². The Morgan fingerprint density at radius 1 is 1.12 bits per heavy atom. The third-order valence-electron chi connectivity index (χ3n) is 3.74. The number of rotatable bonds is 4. The Labute approximate surface area is 145 Å². The topological polar surface area (TPSA) is 94.2 Å². The van der Waals surface area contributed by atoms with Gasteiger partial charge in [-0.3, -0.25) is 4.90 Å². The van der Waals surface area contributed by atoms with Crippen molar-refractivity contribution < 1.29 is 28.6 Å². The molecule has 0 aromatic heterocycles. The molecule has 0 bridgehead atoms. The molecular weight excluding hydrogens is 328 g/mol. The Kier molecular flexibility index (Phi) is 5.99. The second-order valence-electron chi connectivity index (χ2n) is 5.27. The minimum absolute atomic E-state index is 0.0464. The number of ether oxygens (including phenoxy) is 3. The highest BCUT2D eigenvalue weighted by atomic mass is 16.5. The quantitative estimate of drug-likeness (QED) is 0.504. The van der Waals surface area contributed by atoms with Gasteiger partial charge in [0.25, 0.3) is 0 Å². The number of carbonyl (C=O) groups is 3. The number of methoxy groups -OCH3 is 3. The van der Waals surface area contributed by atoms with Gasteiger partial charge in [0.15, 0.2) is 0 Å². The minimum Gasteiger partial charge on any atom is -0.466 e. The standard InChI is InChI=1S/C17H20N2O6/c1-23-15(20)10-13(16(21)24-2)18-12-6-7-14-11(9-12)5-4-8-19(14)17(22)25-3/h6-7,9-10,18H,4-5,8H2,1-3H3/b13-10+. The molecule has 0 atom stereocenters. The third-order valence-corrected chi connectivity index (χ3v) is 3.74. The van der Waals surface area contributed by atoms with Crippen LogP contribution in [0.4, 0.5) is 16.2 Å². The fourth-order valence-electron chi connectivity index (χ4n) is 2.56. The van der Waals surface area contributed by atoms with Gasteiger partial charge in [0.2, 0.25) is 0 Å². The molecule has 8 heteroatoms. The summed E-state index contributed by atoms with van der Waals surface area (Å²) in [5, 5.41) is 2.85. The molecule has 1 aromatic rings. The first-order chi connectivity index (χ1) is 12.0. The Morgan fingerprint density at radius 2 is 1.88 bits per heavy atom. The van der Waals surface area contributed by atoms with Crippen molar-refractivity contribution in [2.45, 2.75) is 12.8 Å². The van der Waals surface area contributed by atoms with Crippen molar-refractivity contribution in [2.24, 2.45) is 0 Å². The maximum absolute atomic E-state index is 11.8. The van der Waals surface area contributed by atoms with E-state index in [0.717, 1.165) is 30.2 Å². The lowest BCUT2D eigenvalue weighted by atomic mass is 10.0. The molecule has 0 fully saturated rings. The van der Waals surface area contributed by atoms with E-state index in [4.69, 9.17) is 4.74 Å². The van der Waals surface area contributed by atoms with Crippen LogP contribution in [0.25, 0.3) is 0 Å². The van der Waals surface area contributed by atoms with Crippen LogP contribution >= 0.6 is 0 Å². The number of amides is 1. The van der Waals surface area contributed by atoms with E-state index in [9.17, 15) is 14.4 Å². The van der Waals surface area contributed by atoms with Crippen LogP contribution in [0, 0.1) is 0 Å². The summed E-state index contributed by atoms with van der Waals surface area (Å²) >= 11 is 0. The molecule has 2 rings (SSSR count). The number of hydrogen-bond donors (Lipinski definition) is 1. The molecule has 0 saturated carbocycles. The Balaban J connectivity index is 2.29. The molecule has 1 aliphatic heterocycles. The van der Waals surface area contributed by atoms with Crippen molar-refractivity contribution in [3.8, 4) is 0 Å². The molecule has 8 nitrogen and oxygen atoms in total. The lowest BCUT2D eigenvalue weighted by Crippen LogP contribution is -2.35. The first-order valence-corrected chi connectivity index (χ1v) is 7.63. The number of nitrogens with one attached hydrogen (secondary N) is 1. The van der Waals surface area contributed by atoms with Gasteiger partial charge in [-0.05, 0) is 36.6 Å². The number of nitrogens with zero attached hydrogens (tertiary/aromatic N) is 1. The van der Waals surface area contributed by atoms with E-state index in [1.807, 2.05) is 6.07 Å². The molecule has 0 aliphatic carbocycles. The van der Waals surface area contributed by atoms with Crippen LogP contribution in [0.1, 0.15) is 12.0 Å². The normalized spacial score (nSPS) is 13.6. The van der Waals surface area contributed by atoms with E-state index in [0.29, 0.717) is 12.2 Å². The fraction of sp³-hybridized carbons (Fsp3) is 0.353. The maximum atomic E-state index is 11.8. The van der Waals surface area contributed by atoms with Gasteiger partial charge in [0.1, 0.15) is 5.70 Å². The molecule has 25 heavy (non-hydrogen) atoms. The highest BCUT2D eigenvalue weighted by molar-refractivity contribution is 5.99. The summed E-state index contributed by atoms with van der Waals surface area (Å²) < 4.78 is 14.0. The lowest BCUT2D eigenvalue weighted by molar-refractivity contribution is -0.138. The van der Waals surface area contributed by atoms with Gasteiger partial charge in [-0.15, -0.1) is 0 Å². The molecule has 0 spiro atoms. The van der Waals surface area contributed by atoms with Gasteiger partial charge in [0, 0.05) is 12.2 Å². The van der Waals surface area contributed by atoms with Crippen molar-refractivity contribution >= 4 is 29.4 Å². The predicted molar refractivity (Wildman–Crippen MR) is 90.3 cm³/mol. The third kappa shape index (κ3) is 4.28. The van der Waals surface area contributed by atoms with E-state index < -0.39 is 18.0 Å². The average molecular weight is 348 g/mol. The van der Waals surface area contributed by atoms with Gasteiger partial charge in [-0.25, -0.2) is 14.4 Å². The summed E-state index contributed by atoms with van der Waals surface area (Å²) in [5.74, 6) is -1.37. The summed E-state index contributed by atoms with van der Waals surface area (Å²) in [6, 6.07) is 5.29. The fourth-order valence-corrected chi connectivity index (χ4v) is 2.56. The first kappa shape index (κ1) is 18.3. The average Bonchev–Trinajstić information content (AvgIpc) is 2.65. The van der Waals surface area contributed by atoms with E-state index in [1.54, 1.807) is 17.0 Å². The van der Waals surface area contributed by atoms with E-state index in [-0.39, 0.29) is 5.70 Å². The number of benzene rings is 1.